The van der Waals surface area contributed by atoms with Crippen LogP contribution < -0.4 is 10.6 Å². The summed E-state index contributed by atoms with van der Waals surface area (Å²) in [6, 6.07) is 17.3. The van der Waals surface area contributed by atoms with Crippen molar-refractivity contribution >= 4 is 23.2 Å². The van der Waals surface area contributed by atoms with Crippen LogP contribution in [0.2, 0.25) is 0 Å². The molecule has 4 rings (SSSR count). The van der Waals surface area contributed by atoms with Crippen molar-refractivity contribution < 1.29 is 23.5 Å². The van der Waals surface area contributed by atoms with Crippen LogP contribution in [0.4, 0.5) is 8.78 Å². The highest BCUT2D eigenvalue weighted by molar-refractivity contribution is 7.09. The number of rotatable bonds is 14. The first-order chi connectivity index (χ1) is 21.1. The van der Waals surface area contributed by atoms with E-state index in [-0.39, 0.29) is 35.8 Å². The molecule has 2 heterocycles. The first-order valence-electron chi connectivity index (χ1n) is 14.4. The number of pyridine rings is 1. The van der Waals surface area contributed by atoms with Gasteiger partial charge in [0.1, 0.15) is 10.7 Å². The van der Waals surface area contributed by atoms with Gasteiger partial charge < -0.3 is 20.6 Å². The molecule has 0 fully saturated rings. The first-order valence-corrected chi connectivity index (χ1v) is 15.2. The molecule has 11 heteroatoms. The fraction of sp³-hybridized carbons (Fsp3) is 0.333. The van der Waals surface area contributed by atoms with E-state index in [0.29, 0.717) is 23.9 Å². The topological polar surface area (TPSA) is 107 Å². The summed E-state index contributed by atoms with van der Waals surface area (Å²) in [7, 11) is 1.55. The number of amides is 2. The van der Waals surface area contributed by atoms with Crippen LogP contribution in [0, 0.1) is 0 Å². The predicted molar refractivity (Wildman–Crippen MR) is 167 cm³/mol. The van der Waals surface area contributed by atoms with E-state index in [4.69, 9.17) is 0 Å². The van der Waals surface area contributed by atoms with E-state index in [1.54, 1.807) is 31.4 Å². The fourth-order valence-corrected chi connectivity index (χ4v) is 5.45. The zero-order valence-electron chi connectivity index (χ0n) is 24.9. The molecular formula is C33H37F2N5O3S. The number of aromatic nitrogens is 2. The van der Waals surface area contributed by atoms with Gasteiger partial charge in [-0.2, -0.15) is 0 Å². The van der Waals surface area contributed by atoms with Crippen molar-refractivity contribution in [2.75, 3.05) is 13.6 Å². The summed E-state index contributed by atoms with van der Waals surface area (Å²) in [5.41, 5.74) is 3.30. The number of carbonyl (C=O) groups excluding carboxylic acids is 2. The summed E-state index contributed by atoms with van der Waals surface area (Å²) >= 11 is 1.06. The molecule has 0 aliphatic rings. The Morgan fingerprint density at radius 2 is 1.75 bits per heavy atom. The molecule has 0 aliphatic carbocycles. The minimum atomic E-state index is -2.67. The SMILES string of the molecule is CC(C)c1cncc(CNC[C@@H](O)[C@H](Cc2ccccc2)NC(=O)c2cccc(C(=O)N(C)Cc3nc(C(F)F)cs3)c2)c1. The van der Waals surface area contributed by atoms with Gasteiger partial charge in [-0.1, -0.05) is 56.3 Å². The standard InChI is InChI=1S/C33H37F2N5O3S/c1-21(2)26-12-23(15-36-17-26)16-37-18-29(41)27(13-22-8-5-4-6-9-22)39-32(42)24-10-7-11-25(14-24)33(43)40(3)19-30-38-28(20-44-30)31(34)35/h4-12,14-15,17,20-21,27,29,31,37,41H,13,16,18-19H2,1-3H3,(H,39,42)/t27-,29+/m0/s1. The number of thiazole rings is 1. The molecule has 0 spiro atoms. The summed E-state index contributed by atoms with van der Waals surface area (Å²) in [5.74, 6) is -0.459. The second-order valence-corrected chi connectivity index (χ2v) is 11.9. The maximum atomic E-state index is 13.4. The molecule has 4 aromatic rings. The van der Waals surface area contributed by atoms with E-state index < -0.39 is 24.5 Å². The number of benzene rings is 2. The van der Waals surface area contributed by atoms with E-state index in [1.165, 1.54) is 16.3 Å². The third-order valence-corrected chi connectivity index (χ3v) is 7.98. The summed E-state index contributed by atoms with van der Waals surface area (Å²) in [5, 5.41) is 19.1. The van der Waals surface area contributed by atoms with Crippen LogP contribution in [0.15, 0.2) is 78.4 Å². The molecule has 0 aliphatic heterocycles. The summed E-state index contributed by atoms with van der Waals surface area (Å²) in [6.45, 7) is 5.02. The zero-order chi connectivity index (χ0) is 31.6. The number of hydrogen-bond acceptors (Lipinski definition) is 7. The van der Waals surface area contributed by atoms with E-state index in [9.17, 15) is 23.5 Å². The lowest BCUT2D eigenvalue weighted by Gasteiger charge is -2.25. The van der Waals surface area contributed by atoms with E-state index in [2.05, 4.69) is 40.5 Å². The van der Waals surface area contributed by atoms with Crippen LogP contribution >= 0.6 is 11.3 Å². The predicted octanol–water partition coefficient (Wildman–Crippen LogP) is 5.36. The third-order valence-electron chi connectivity index (χ3n) is 7.13. The van der Waals surface area contributed by atoms with E-state index in [1.807, 2.05) is 36.5 Å². The minimum Gasteiger partial charge on any atom is -0.390 e. The highest BCUT2D eigenvalue weighted by Gasteiger charge is 2.24. The van der Waals surface area contributed by atoms with Gasteiger partial charge >= 0.3 is 0 Å². The summed E-state index contributed by atoms with van der Waals surface area (Å²) in [6.07, 6.45) is 0.456. The number of carbonyl (C=O) groups is 2. The average molecular weight is 622 g/mol. The van der Waals surface area contributed by atoms with Gasteiger partial charge in [0.15, 0.2) is 0 Å². The molecule has 0 bridgehead atoms. The van der Waals surface area contributed by atoms with Crippen LogP contribution in [0.5, 0.6) is 0 Å². The quantitative estimate of drug-likeness (QED) is 0.175. The fourth-order valence-electron chi connectivity index (χ4n) is 4.62. The molecule has 44 heavy (non-hydrogen) atoms. The van der Waals surface area contributed by atoms with Gasteiger partial charge in [-0.3, -0.25) is 14.6 Å². The molecule has 8 nitrogen and oxygen atoms in total. The lowest BCUT2D eigenvalue weighted by atomic mass is 10.00. The number of nitrogens with zero attached hydrogens (tertiary/aromatic N) is 3. The Labute approximate surface area is 260 Å². The van der Waals surface area contributed by atoms with Crippen molar-refractivity contribution in [2.45, 2.75) is 57.8 Å². The van der Waals surface area contributed by atoms with Gasteiger partial charge in [-0.15, -0.1) is 11.3 Å². The van der Waals surface area contributed by atoms with Crippen molar-refractivity contribution in [2.24, 2.45) is 0 Å². The Kier molecular flexibility index (Phi) is 11.6. The molecule has 3 N–H and O–H groups in total. The lowest BCUT2D eigenvalue weighted by Crippen LogP contribution is -2.48. The highest BCUT2D eigenvalue weighted by Crippen LogP contribution is 2.22. The van der Waals surface area contributed by atoms with Crippen molar-refractivity contribution in [3.63, 3.8) is 0 Å². The molecular weight excluding hydrogens is 584 g/mol. The van der Waals surface area contributed by atoms with Crippen LogP contribution in [-0.2, 0) is 19.5 Å². The summed E-state index contributed by atoms with van der Waals surface area (Å²) in [4.78, 5) is 36.1. The monoisotopic (exact) mass is 621 g/mol. The first kappa shape index (κ1) is 32.8. The Morgan fingerprint density at radius 3 is 2.45 bits per heavy atom. The van der Waals surface area contributed by atoms with Crippen molar-refractivity contribution in [3.05, 3.63) is 117 Å². The second kappa shape index (κ2) is 15.6. The minimum absolute atomic E-state index is 0.0583. The highest BCUT2D eigenvalue weighted by atomic mass is 32.1. The van der Waals surface area contributed by atoms with Gasteiger partial charge in [0.05, 0.1) is 18.7 Å². The Bertz CT molecular complexity index is 1530. The number of halogens is 2. The number of hydrogen-bond donors (Lipinski definition) is 3. The number of aliphatic hydroxyl groups excluding tert-OH is 1. The van der Waals surface area contributed by atoms with Crippen molar-refractivity contribution in [3.8, 4) is 0 Å². The number of alkyl halides is 2. The largest absolute Gasteiger partial charge is 0.390 e. The van der Waals surface area contributed by atoms with Gasteiger partial charge in [-0.05, 0) is 47.2 Å². The normalized spacial score (nSPS) is 12.7. The maximum absolute atomic E-state index is 13.4. The molecule has 0 unspecified atom stereocenters. The van der Waals surface area contributed by atoms with Crippen LogP contribution in [0.1, 0.15) is 74.3 Å². The number of nitrogens with one attached hydrogen (secondary N) is 2. The molecule has 232 valence electrons. The van der Waals surface area contributed by atoms with E-state index in [0.717, 1.165) is 28.0 Å². The Hall–Kier alpha value is -4.06. The lowest BCUT2D eigenvalue weighted by molar-refractivity contribution is 0.0784. The van der Waals surface area contributed by atoms with Crippen molar-refractivity contribution in [1.29, 1.82) is 0 Å². The molecule has 0 saturated carbocycles. The van der Waals surface area contributed by atoms with Gasteiger partial charge in [0.2, 0.25) is 0 Å². The maximum Gasteiger partial charge on any atom is 0.281 e. The number of aliphatic hydroxyl groups is 1. The Balaban J connectivity index is 1.42. The molecule has 2 aromatic carbocycles. The van der Waals surface area contributed by atoms with Crippen LogP contribution in [-0.4, -0.2) is 57.5 Å². The molecule has 2 atom stereocenters. The molecule has 2 aromatic heterocycles. The van der Waals surface area contributed by atoms with Crippen LogP contribution in [0.25, 0.3) is 0 Å². The molecule has 2 amide bonds. The molecule has 0 radical (unpaired) electrons. The van der Waals surface area contributed by atoms with Gasteiger partial charge in [0, 0.05) is 49.0 Å². The van der Waals surface area contributed by atoms with E-state index >= 15 is 0 Å². The molecule has 0 saturated heterocycles. The zero-order valence-corrected chi connectivity index (χ0v) is 25.7. The van der Waals surface area contributed by atoms with Gasteiger partial charge in [0.25, 0.3) is 18.2 Å². The Morgan fingerprint density at radius 1 is 1.00 bits per heavy atom. The van der Waals surface area contributed by atoms with Crippen LogP contribution in [0.3, 0.4) is 0 Å². The van der Waals surface area contributed by atoms with Gasteiger partial charge in [-0.25, -0.2) is 13.8 Å². The van der Waals surface area contributed by atoms with Crippen molar-refractivity contribution in [1.82, 2.24) is 25.5 Å². The second-order valence-electron chi connectivity index (χ2n) is 11.0. The smallest absolute Gasteiger partial charge is 0.281 e. The third kappa shape index (κ3) is 9.22. The average Bonchev–Trinajstić information content (AvgIpc) is 3.50. The summed E-state index contributed by atoms with van der Waals surface area (Å²) < 4.78 is 25.8.